The van der Waals surface area contributed by atoms with Crippen LogP contribution in [0.2, 0.25) is 0 Å². The van der Waals surface area contributed by atoms with E-state index in [1.54, 1.807) is 25.1 Å². The lowest BCUT2D eigenvalue weighted by atomic mass is 9.45. The maximum atomic E-state index is 12.8. The molecular formula is C34H51NO11S. The highest BCUT2D eigenvalue weighted by Gasteiger charge is 2.68. The molecule has 0 spiro atoms. The van der Waals surface area contributed by atoms with Crippen LogP contribution in [0.4, 0.5) is 0 Å². The Balaban J connectivity index is 0.000000251. The van der Waals surface area contributed by atoms with Crippen LogP contribution in [-0.4, -0.2) is 80.5 Å². The van der Waals surface area contributed by atoms with Crippen LogP contribution in [0.5, 0.6) is 5.75 Å². The Morgan fingerprint density at radius 3 is 2.45 bits per heavy atom. The molecule has 13 heteroatoms. The molecule has 0 amide bonds. The van der Waals surface area contributed by atoms with Crippen molar-refractivity contribution in [2.45, 2.75) is 110 Å². The molecule has 4 aliphatic rings. The second kappa shape index (κ2) is 13.6. The maximum Gasteiger partial charge on any atom is 0.397 e. The van der Waals surface area contributed by atoms with Gasteiger partial charge in [-0.3, -0.25) is 14.1 Å². The lowest BCUT2D eigenvalue weighted by Crippen LogP contribution is -2.62. The van der Waals surface area contributed by atoms with E-state index in [4.69, 9.17) is 9.66 Å². The van der Waals surface area contributed by atoms with Gasteiger partial charge >= 0.3 is 10.4 Å². The van der Waals surface area contributed by atoms with E-state index in [1.165, 1.54) is 6.07 Å². The number of ketones is 2. The minimum atomic E-state index is -4.80. The third-order valence-electron chi connectivity index (χ3n) is 11.3. The number of Topliss-reactive ketones (excluding diaryl/α,β-unsaturated/α-hetero) is 1. The smallest absolute Gasteiger partial charge is 0.397 e. The van der Waals surface area contributed by atoms with Crippen molar-refractivity contribution in [3.63, 3.8) is 0 Å². The molecule has 0 aliphatic heterocycles. The number of fused-ring (bicyclic) bond motifs is 5. The van der Waals surface area contributed by atoms with E-state index in [1.807, 2.05) is 20.8 Å². The SMILES string of the molecule is CC(C)(C)NCC(O)c1ccc(O)c(CO)c1.C[C@]12CCC(=O)C=C1CC[C@@H]1[C@@H]2[C@@H](O)C[C@@]2(C)[C@H]1CC[C@]2(O)C(=O)COS(=O)(=O)O. The van der Waals surface area contributed by atoms with Crippen LogP contribution in [-0.2, 0) is 30.8 Å². The average molecular weight is 682 g/mol. The number of carbonyl (C=O) groups is 2. The fourth-order valence-corrected chi connectivity index (χ4v) is 9.11. The maximum absolute atomic E-state index is 12.8. The quantitative estimate of drug-likeness (QED) is 0.198. The topological polar surface area (TPSA) is 211 Å². The normalized spacial score (nSPS) is 34.3. The summed E-state index contributed by atoms with van der Waals surface area (Å²) in [5.41, 5.74) is -0.855. The van der Waals surface area contributed by atoms with Crippen LogP contribution < -0.4 is 5.32 Å². The van der Waals surface area contributed by atoms with Gasteiger partial charge in [-0.15, -0.1) is 0 Å². The molecule has 1 aromatic rings. The Labute approximate surface area is 277 Å². The van der Waals surface area contributed by atoms with E-state index >= 15 is 0 Å². The van der Waals surface area contributed by atoms with E-state index < -0.39 is 46.0 Å². The predicted octanol–water partition coefficient (Wildman–Crippen LogP) is 2.91. The lowest BCUT2D eigenvalue weighted by molar-refractivity contribution is -0.181. The number of benzene rings is 1. The predicted molar refractivity (Wildman–Crippen MR) is 172 cm³/mol. The highest BCUT2D eigenvalue weighted by molar-refractivity contribution is 7.80. The summed E-state index contributed by atoms with van der Waals surface area (Å²) >= 11 is 0. The zero-order valence-corrected chi connectivity index (χ0v) is 28.7. The third-order valence-corrected chi connectivity index (χ3v) is 11.7. The van der Waals surface area contributed by atoms with Crippen LogP contribution in [0.3, 0.4) is 0 Å². The van der Waals surface area contributed by atoms with Crippen molar-refractivity contribution >= 4 is 22.0 Å². The first-order chi connectivity index (χ1) is 21.6. The first kappa shape index (κ1) is 37.6. The molecule has 3 fully saturated rings. The van der Waals surface area contributed by atoms with Crippen molar-refractivity contribution in [1.29, 1.82) is 0 Å². The Morgan fingerprint density at radius 2 is 1.83 bits per heavy atom. The van der Waals surface area contributed by atoms with Gasteiger partial charge in [0, 0.05) is 29.5 Å². The molecule has 0 aromatic heterocycles. The molecule has 5 rings (SSSR count). The number of aromatic hydroxyl groups is 1. The van der Waals surface area contributed by atoms with E-state index in [0.29, 0.717) is 36.9 Å². The number of phenols is 1. The van der Waals surface area contributed by atoms with Crippen LogP contribution in [0, 0.1) is 28.6 Å². The Morgan fingerprint density at radius 1 is 1.15 bits per heavy atom. The third kappa shape index (κ3) is 7.67. The zero-order chi connectivity index (χ0) is 35.2. The number of carbonyl (C=O) groups excluding carboxylic acids is 2. The van der Waals surface area contributed by atoms with Crippen molar-refractivity contribution in [2.24, 2.45) is 28.6 Å². The second-order valence-electron chi connectivity index (χ2n) is 15.3. The van der Waals surface area contributed by atoms with E-state index in [0.717, 1.165) is 18.4 Å². The van der Waals surface area contributed by atoms with Gasteiger partial charge in [0.1, 0.15) is 18.0 Å². The van der Waals surface area contributed by atoms with Crippen LogP contribution in [0.25, 0.3) is 0 Å². The van der Waals surface area contributed by atoms with Gasteiger partial charge in [-0.1, -0.05) is 25.5 Å². The number of nitrogens with one attached hydrogen (secondary N) is 1. The fourth-order valence-electron chi connectivity index (χ4n) is 8.86. The number of hydrogen-bond acceptors (Lipinski definition) is 11. The molecule has 3 saturated carbocycles. The highest BCUT2D eigenvalue weighted by atomic mass is 32.3. The molecule has 4 aliphatic carbocycles. The lowest BCUT2D eigenvalue weighted by Gasteiger charge is -2.60. The van der Waals surface area contributed by atoms with Crippen molar-refractivity contribution < 1.29 is 52.3 Å². The van der Waals surface area contributed by atoms with Crippen molar-refractivity contribution in [1.82, 2.24) is 5.32 Å². The summed E-state index contributed by atoms with van der Waals surface area (Å²) in [4.78, 5) is 24.7. The zero-order valence-electron chi connectivity index (χ0n) is 27.9. The largest absolute Gasteiger partial charge is 0.508 e. The van der Waals surface area contributed by atoms with E-state index in [-0.39, 0.29) is 59.7 Å². The minimum absolute atomic E-state index is 0.0124. The number of hydrogen-bond donors (Lipinski definition) is 7. The first-order valence-electron chi connectivity index (χ1n) is 16.3. The molecule has 8 atom stereocenters. The highest BCUT2D eigenvalue weighted by Crippen LogP contribution is 2.67. The Kier molecular flexibility index (Phi) is 10.9. The summed E-state index contributed by atoms with van der Waals surface area (Å²) in [7, 11) is -4.80. The van der Waals surface area contributed by atoms with Crippen molar-refractivity contribution in [3.05, 3.63) is 41.0 Å². The number of aliphatic hydroxyl groups excluding tert-OH is 3. The summed E-state index contributed by atoms with van der Waals surface area (Å²) in [5.74, 6) is -0.570. The molecule has 264 valence electrons. The standard InChI is InChI=1S/C21H30O8S.C13H21NO3/c1-19-7-5-13(22)9-12(19)3-4-14-15-6-8-21(25,17(24)11-29-30(26,27)28)20(15,2)10-16(23)18(14)19;1-13(2,3)14-7-12(17)9-4-5-11(16)10(6-9)8-15/h9,14-16,18,23,25H,3-8,10-11H2,1-2H3,(H,26,27,28);4-6,12,14-17H,7-8H2,1-3H3/t14-,15-,16-,18+,19-,20-,21-;/m0./s1. The van der Waals surface area contributed by atoms with Gasteiger partial charge in [-0.05, 0) is 106 Å². The molecule has 7 N–H and O–H groups in total. The molecule has 0 saturated heterocycles. The van der Waals surface area contributed by atoms with Gasteiger partial charge in [0.2, 0.25) is 0 Å². The van der Waals surface area contributed by atoms with Gasteiger partial charge in [0.25, 0.3) is 0 Å². The van der Waals surface area contributed by atoms with Gasteiger partial charge < -0.3 is 30.8 Å². The molecule has 0 radical (unpaired) electrons. The molecule has 0 bridgehead atoms. The second-order valence-corrected chi connectivity index (χ2v) is 16.4. The van der Waals surface area contributed by atoms with Gasteiger partial charge in [0.05, 0.1) is 18.8 Å². The van der Waals surface area contributed by atoms with E-state index in [2.05, 4.69) is 16.4 Å². The number of aliphatic hydroxyl groups is 4. The molecule has 1 aromatic carbocycles. The van der Waals surface area contributed by atoms with Crippen molar-refractivity contribution in [3.8, 4) is 5.75 Å². The molecule has 12 nitrogen and oxygen atoms in total. The van der Waals surface area contributed by atoms with Gasteiger partial charge in [-0.2, -0.15) is 8.42 Å². The van der Waals surface area contributed by atoms with Crippen LogP contribution >= 0.6 is 0 Å². The summed E-state index contributed by atoms with van der Waals surface area (Å²) in [5, 5.41) is 54.2. The monoisotopic (exact) mass is 681 g/mol. The Hall–Kier alpha value is -2.23. The summed E-state index contributed by atoms with van der Waals surface area (Å²) in [6.45, 7) is 9.25. The number of β-amino-alcohol motifs (C(OH)–C–C–N with tert-alkyl or cyclic N) is 1. The first-order valence-corrected chi connectivity index (χ1v) is 17.7. The van der Waals surface area contributed by atoms with Gasteiger partial charge in [0.15, 0.2) is 11.6 Å². The van der Waals surface area contributed by atoms with Crippen LogP contribution in [0.1, 0.15) is 96.8 Å². The van der Waals surface area contributed by atoms with Gasteiger partial charge in [-0.25, -0.2) is 4.18 Å². The summed E-state index contributed by atoms with van der Waals surface area (Å²) in [6, 6.07) is 4.76. The average Bonchev–Trinajstić information content (AvgIpc) is 3.25. The van der Waals surface area contributed by atoms with Crippen LogP contribution in [0.15, 0.2) is 29.8 Å². The summed E-state index contributed by atoms with van der Waals surface area (Å²) < 4.78 is 34.8. The summed E-state index contributed by atoms with van der Waals surface area (Å²) in [6.07, 6.45) is 4.02. The number of rotatable bonds is 8. The molecule has 47 heavy (non-hydrogen) atoms. The Bertz CT molecular complexity index is 1490. The van der Waals surface area contributed by atoms with E-state index in [9.17, 15) is 38.4 Å². The van der Waals surface area contributed by atoms with Crippen molar-refractivity contribution in [2.75, 3.05) is 13.2 Å². The molecular weight excluding hydrogens is 630 g/mol. The minimum Gasteiger partial charge on any atom is -0.508 e. The molecule has 1 unspecified atom stereocenters. The molecule has 0 heterocycles. The number of allylic oxidation sites excluding steroid dienone is 1. The fraction of sp³-hybridized carbons (Fsp3) is 0.706.